The van der Waals surface area contributed by atoms with E-state index in [0.29, 0.717) is 17.1 Å². The van der Waals surface area contributed by atoms with E-state index in [1.165, 1.54) is 19.3 Å². The van der Waals surface area contributed by atoms with Crippen LogP contribution in [0.15, 0.2) is 18.2 Å². The van der Waals surface area contributed by atoms with Crippen molar-refractivity contribution in [3.8, 4) is 5.75 Å². The van der Waals surface area contributed by atoms with Crippen molar-refractivity contribution in [2.75, 3.05) is 17.7 Å². The highest BCUT2D eigenvalue weighted by atomic mass is 16.5. The molecule has 134 valence electrons. The van der Waals surface area contributed by atoms with Crippen LogP contribution in [-0.2, 0) is 9.59 Å². The Hall–Kier alpha value is -2.24. The molecule has 4 bridgehead atoms. The number of benzene rings is 1. The molecule has 0 spiro atoms. The quantitative estimate of drug-likeness (QED) is 0.680. The lowest BCUT2D eigenvalue weighted by atomic mass is 9.49. The molecule has 1 amide bonds. The van der Waals surface area contributed by atoms with Gasteiger partial charge >= 0.3 is 5.97 Å². The second kappa shape index (κ2) is 5.93. The maximum atomic E-state index is 11.3. The highest BCUT2D eigenvalue weighted by Crippen LogP contribution is 2.60. The lowest BCUT2D eigenvalue weighted by Crippen LogP contribution is -2.49. The number of amides is 1. The van der Waals surface area contributed by atoms with E-state index >= 15 is 0 Å². The SMILES string of the molecule is Nc1ccc2c(c1)NC(=O)CO2.O=C(O)C12CC3CC(CC(C3)C1)C2. The maximum Gasteiger partial charge on any atom is 0.309 e. The van der Waals surface area contributed by atoms with Gasteiger partial charge in [0.2, 0.25) is 0 Å². The largest absolute Gasteiger partial charge is 0.482 e. The fraction of sp³-hybridized carbons (Fsp3) is 0.579. The standard InChI is InChI=1S/C11H16O2.C8H8N2O2/c12-10(13)11-4-7-1-8(5-11)3-9(2-7)6-11;9-5-1-2-7-6(3-5)10-8(11)4-12-7/h7-9H,1-6H2,(H,12,13);1-3H,4,9H2,(H,10,11). The number of carboxylic acid groups (broad SMARTS) is 1. The van der Waals surface area contributed by atoms with Gasteiger partial charge in [0.15, 0.2) is 6.61 Å². The average molecular weight is 344 g/mol. The van der Waals surface area contributed by atoms with Gasteiger partial charge < -0.3 is 20.9 Å². The van der Waals surface area contributed by atoms with Crippen LogP contribution in [0.2, 0.25) is 0 Å². The van der Waals surface area contributed by atoms with E-state index in [0.717, 1.165) is 37.0 Å². The monoisotopic (exact) mass is 344 g/mol. The number of nitrogens with two attached hydrogens (primary N) is 1. The molecule has 4 fully saturated rings. The van der Waals surface area contributed by atoms with Gasteiger partial charge in [-0.3, -0.25) is 9.59 Å². The summed E-state index contributed by atoms with van der Waals surface area (Å²) in [4.78, 5) is 22.1. The second-order valence-corrected chi connectivity index (χ2v) is 8.10. The summed E-state index contributed by atoms with van der Waals surface area (Å²) in [6.45, 7) is 0.0803. The average Bonchev–Trinajstić information content (AvgIpc) is 2.53. The maximum absolute atomic E-state index is 11.3. The van der Waals surface area contributed by atoms with Crippen molar-refractivity contribution < 1.29 is 19.4 Å². The fourth-order valence-electron chi connectivity index (χ4n) is 5.47. The Bertz CT molecular complexity index is 680. The molecule has 6 heteroatoms. The Morgan fingerprint density at radius 3 is 2.32 bits per heavy atom. The molecule has 4 aliphatic carbocycles. The van der Waals surface area contributed by atoms with Gasteiger partial charge in [0, 0.05) is 5.69 Å². The molecule has 0 radical (unpaired) electrons. The van der Waals surface area contributed by atoms with Crippen LogP contribution in [0.25, 0.3) is 0 Å². The number of carbonyl (C=O) groups excluding carboxylic acids is 1. The van der Waals surface area contributed by atoms with Gasteiger partial charge in [-0.2, -0.15) is 0 Å². The summed E-state index contributed by atoms with van der Waals surface area (Å²) in [7, 11) is 0. The molecule has 1 aromatic rings. The highest BCUT2D eigenvalue weighted by Gasteiger charge is 2.54. The molecule has 4 N–H and O–H groups in total. The molecule has 0 aromatic heterocycles. The van der Waals surface area contributed by atoms with Crippen LogP contribution in [0, 0.1) is 23.2 Å². The van der Waals surface area contributed by atoms with Crippen molar-refractivity contribution >= 4 is 23.3 Å². The van der Waals surface area contributed by atoms with Gasteiger partial charge in [-0.25, -0.2) is 0 Å². The van der Waals surface area contributed by atoms with E-state index in [4.69, 9.17) is 10.5 Å². The molecule has 4 saturated carbocycles. The molecule has 6 rings (SSSR count). The summed E-state index contributed by atoms with van der Waals surface area (Å²) < 4.78 is 5.12. The van der Waals surface area contributed by atoms with Crippen LogP contribution in [0.5, 0.6) is 5.75 Å². The van der Waals surface area contributed by atoms with E-state index in [9.17, 15) is 14.7 Å². The van der Waals surface area contributed by atoms with E-state index < -0.39 is 5.97 Å². The minimum atomic E-state index is -0.508. The minimum Gasteiger partial charge on any atom is -0.482 e. The minimum absolute atomic E-state index is 0.0803. The first kappa shape index (κ1) is 16.2. The number of nitrogens with one attached hydrogen (secondary N) is 1. The molecule has 1 heterocycles. The van der Waals surface area contributed by atoms with Crippen molar-refractivity contribution in [3.63, 3.8) is 0 Å². The first-order valence-corrected chi connectivity index (χ1v) is 8.99. The predicted molar refractivity (Wildman–Crippen MR) is 93.2 cm³/mol. The van der Waals surface area contributed by atoms with Gasteiger partial charge in [-0.15, -0.1) is 0 Å². The lowest BCUT2D eigenvalue weighted by Gasteiger charge is -2.54. The lowest BCUT2D eigenvalue weighted by molar-refractivity contribution is -0.164. The summed E-state index contributed by atoms with van der Waals surface area (Å²) >= 11 is 0. The van der Waals surface area contributed by atoms with Crippen LogP contribution in [0.4, 0.5) is 11.4 Å². The number of nitrogen functional groups attached to an aromatic ring is 1. The van der Waals surface area contributed by atoms with Crippen molar-refractivity contribution in [1.82, 2.24) is 0 Å². The van der Waals surface area contributed by atoms with Gasteiger partial charge in [-0.05, 0) is 74.5 Å². The summed E-state index contributed by atoms with van der Waals surface area (Å²) in [5, 5.41) is 11.9. The molecule has 6 nitrogen and oxygen atoms in total. The van der Waals surface area contributed by atoms with Crippen LogP contribution >= 0.6 is 0 Å². The fourth-order valence-corrected chi connectivity index (χ4v) is 5.47. The van der Waals surface area contributed by atoms with Gasteiger partial charge in [0.05, 0.1) is 11.1 Å². The van der Waals surface area contributed by atoms with Crippen molar-refractivity contribution in [1.29, 1.82) is 0 Å². The molecule has 1 aromatic carbocycles. The van der Waals surface area contributed by atoms with Gasteiger partial charge in [0.25, 0.3) is 5.91 Å². The van der Waals surface area contributed by atoms with Gasteiger partial charge in [-0.1, -0.05) is 0 Å². The summed E-state index contributed by atoms with van der Waals surface area (Å²) in [6, 6.07) is 5.15. The molecule has 1 aliphatic heterocycles. The number of rotatable bonds is 1. The zero-order valence-electron chi connectivity index (χ0n) is 14.2. The number of hydrogen-bond donors (Lipinski definition) is 3. The molecule has 0 unspecified atom stereocenters. The van der Waals surface area contributed by atoms with Crippen LogP contribution in [0.1, 0.15) is 38.5 Å². The Morgan fingerprint density at radius 2 is 1.76 bits per heavy atom. The van der Waals surface area contributed by atoms with E-state index in [-0.39, 0.29) is 17.9 Å². The van der Waals surface area contributed by atoms with E-state index in [2.05, 4.69) is 5.32 Å². The summed E-state index contributed by atoms with van der Waals surface area (Å²) in [5.74, 6) is 2.27. The van der Waals surface area contributed by atoms with E-state index in [1.54, 1.807) is 18.2 Å². The van der Waals surface area contributed by atoms with Gasteiger partial charge in [0.1, 0.15) is 5.75 Å². The Morgan fingerprint density at radius 1 is 1.16 bits per heavy atom. The normalized spacial score (nSPS) is 34.2. The van der Waals surface area contributed by atoms with E-state index in [1.807, 2.05) is 0 Å². The van der Waals surface area contributed by atoms with Crippen LogP contribution in [0.3, 0.4) is 0 Å². The number of carbonyl (C=O) groups is 2. The number of ether oxygens (including phenoxy) is 1. The van der Waals surface area contributed by atoms with Crippen LogP contribution in [-0.4, -0.2) is 23.6 Å². The number of carboxylic acids is 1. The second-order valence-electron chi connectivity index (χ2n) is 8.10. The zero-order chi connectivity index (χ0) is 17.6. The third-order valence-electron chi connectivity index (χ3n) is 6.13. The summed E-state index contributed by atoms with van der Waals surface area (Å²) in [6.07, 6.45) is 6.92. The molecule has 0 atom stereocenters. The first-order chi connectivity index (χ1) is 11.9. The first-order valence-electron chi connectivity index (χ1n) is 8.99. The van der Waals surface area contributed by atoms with Crippen molar-refractivity contribution in [2.45, 2.75) is 38.5 Å². The Kier molecular flexibility index (Phi) is 3.85. The number of aliphatic carboxylic acids is 1. The zero-order valence-corrected chi connectivity index (χ0v) is 14.2. The molecular weight excluding hydrogens is 320 g/mol. The smallest absolute Gasteiger partial charge is 0.309 e. The Balaban J connectivity index is 0.000000126. The molecule has 5 aliphatic rings. The molecule has 25 heavy (non-hydrogen) atoms. The highest BCUT2D eigenvalue weighted by molar-refractivity contribution is 5.95. The van der Waals surface area contributed by atoms with Crippen LogP contribution < -0.4 is 15.8 Å². The number of fused-ring (bicyclic) bond motifs is 1. The number of anilines is 2. The number of hydrogen-bond acceptors (Lipinski definition) is 4. The van der Waals surface area contributed by atoms with Crippen molar-refractivity contribution in [2.24, 2.45) is 23.2 Å². The topological polar surface area (TPSA) is 102 Å². The predicted octanol–water partition coefficient (Wildman–Crippen LogP) is 2.89. The molecular formula is C19H24N2O4. The summed E-state index contributed by atoms with van der Waals surface area (Å²) in [5.41, 5.74) is 6.49. The van der Waals surface area contributed by atoms with Crippen molar-refractivity contribution in [3.05, 3.63) is 18.2 Å². The molecule has 0 saturated heterocycles. The third kappa shape index (κ3) is 3.05. The Labute approximate surface area is 146 Å². The third-order valence-corrected chi connectivity index (χ3v) is 6.13.